The number of primary amides is 1. The fraction of sp³-hybridized carbons (Fsp3) is 0.273. The van der Waals surface area contributed by atoms with E-state index in [0.717, 1.165) is 5.56 Å². The topological polar surface area (TPSA) is 81.4 Å². The Morgan fingerprint density at radius 1 is 1.38 bits per heavy atom. The summed E-state index contributed by atoms with van der Waals surface area (Å²) >= 11 is 0. The number of carbonyl (C=O) groups excluding carboxylic acids is 2. The highest BCUT2D eigenvalue weighted by Gasteiger charge is 2.15. The molecule has 0 aliphatic rings. The van der Waals surface area contributed by atoms with Crippen molar-refractivity contribution in [2.24, 2.45) is 5.73 Å². The van der Waals surface area contributed by atoms with Crippen molar-refractivity contribution >= 4 is 12.0 Å². The number of nitrogens with one attached hydrogen (secondary N) is 1. The molecule has 0 aromatic heterocycles. The van der Waals surface area contributed by atoms with E-state index in [1.165, 1.54) is 6.92 Å². The van der Waals surface area contributed by atoms with Crippen molar-refractivity contribution in [3.63, 3.8) is 0 Å². The zero-order chi connectivity index (χ0) is 12.0. The van der Waals surface area contributed by atoms with Crippen molar-refractivity contribution in [2.45, 2.75) is 19.6 Å². The van der Waals surface area contributed by atoms with Crippen molar-refractivity contribution in [3.8, 4) is 0 Å². The van der Waals surface area contributed by atoms with Gasteiger partial charge in [-0.25, -0.2) is 4.79 Å². The third-order valence-corrected chi connectivity index (χ3v) is 1.97. The minimum Gasteiger partial charge on any atom is -0.437 e. The molecule has 0 heterocycles. The summed E-state index contributed by atoms with van der Waals surface area (Å²) < 4.78 is 4.53. The minimum atomic E-state index is -0.956. The molecule has 5 nitrogen and oxygen atoms in total. The van der Waals surface area contributed by atoms with Gasteiger partial charge in [-0.3, -0.25) is 4.79 Å². The quantitative estimate of drug-likeness (QED) is 0.790. The number of rotatable bonds is 4. The largest absolute Gasteiger partial charge is 0.437 e. The summed E-state index contributed by atoms with van der Waals surface area (Å²) in [6.45, 7) is 1.86. The van der Waals surface area contributed by atoms with Gasteiger partial charge >= 0.3 is 6.09 Å². The van der Waals surface area contributed by atoms with Gasteiger partial charge in [0, 0.05) is 6.54 Å². The molecule has 0 spiro atoms. The zero-order valence-corrected chi connectivity index (χ0v) is 8.97. The third-order valence-electron chi connectivity index (χ3n) is 1.97. The summed E-state index contributed by atoms with van der Waals surface area (Å²) in [5.41, 5.74) is 5.77. The normalized spacial score (nSPS) is 11.6. The maximum atomic E-state index is 11.4. The van der Waals surface area contributed by atoms with Gasteiger partial charge in [0.15, 0.2) is 6.10 Å². The molecule has 5 heteroatoms. The van der Waals surface area contributed by atoms with Crippen molar-refractivity contribution < 1.29 is 14.3 Å². The van der Waals surface area contributed by atoms with E-state index in [1.807, 2.05) is 30.3 Å². The lowest BCUT2D eigenvalue weighted by Crippen LogP contribution is -2.36. The highest BCUT2D eigenvalue weighted by molar-refractivity contribution is 5.82. The zero-order valence-electron chi connectivity index (χ0n) is 8.97. The van der Waals surface area contributed by atoms with Gasteiger partial charge in [-0.1, -0.05) is 30.3 Å². The van der Waals surface area contributed by atoms with Crippen LogP contribution in [-0.2, 0) is 16.1 Å². The van der Waals surface area contributed by atoms with Crippen LogP contribution < -0.4 is 11.1 Å². The average Bonchev–Trinajstić information content (AvgIpc) is 2.26. The molecule has 1 rings (SSSR count). The number of carbonyl (C=O) groups is 2. The Morgan fingerprint density at radius 3 is 2.56 bits per heavy atom. The molecule has 1 aromatic rings. The molecule has 3 N–H and O–H groups in total. The summed E-state index contributed by atoms with van der Waals surface area (Å²) in [4.78, 5) is 21.8. The number of nitrogens with two attached hydrogens (primary N) is 1. The minimum absolute atomic E-state index is 0.373. The fourth-order valence-corrected chi connectivity index (χ4v) is 1.16. The van der Waals surface area contributed by atoms with Crippen LogP contribution in [0.3, 0.4) is 0 Å². The number of hydrogen-bond acceptors (Lipinski definition) is 3. The Morgan fingerprint density at radius 2 is 2.00 bits per heavy atom. The molecule has 2 amide bonds. The summed E-state index contributed by atoms with van der Waals surface area (Å²) in [5, 5.41) is 2.63. The van der Waals surface area contributed by atoms with Gasteiger partial charge in [-0.2, -0.15) is 0 Å². The van der Waals surface area contributed by atoms with E-state index in [4.69, 9.17) is 5.73 Å². The second-order valence-corrected chi connectivity index (χ2v) is 3.28. The Labute approximate surface area is 93.6 Å². The van der Waals surface area contributed by atoms with Gasteiger partial charge in [0.25, 0.3) is 5.91 Å². The highest BCUT2D eigenvalue weighted by atomic mass is 16.6. The molecule has 0 unspecified atom stereocenters. The van der Waals surface area contributed by atoms with Crippen LogP contribution in [0.25, 0.3) is 0 Å². The molecule has 1 atom stereocenters. The molecular formula is C11H14N2O3. The Hall–Kier alpha value is -2.04. The molecule has 86 valence electrons. The van der Waals surface area contributed by atoms with E-state index in [-0.39, 0.29) is 5.91 Å². The molecular weight excluding hydrogens is 208 g/mol. The smallest absolute Gasteiger partial charge is 0.405 e. The lowest BCUT2D eigenvalue weighted by Gasteiger charge is -2.11. The SMILES string of the molecule is C[C@@H](OC(N)=O)C(=O)NCc1ccccc1. The van der Waals surface area contributed by atoms with E-state index in [0.29, 0.717) is 6.54 Å². The second-order valence-electron chi connectivity index (χ2n) is 3.28. The molecule has 1 aromatic carbocycles. The van der Waals surface area contributed by atoms with E-state index >= 15 is 0 Å². The lowest BCUT2D eigenvalue weighted by atomic mass is 10.2. The number of amides is 2. The van der Waals surface area contributed by atoms with Crippen LogP contribution in [0, 0.1) is 0 Å². The second kappa shape index (κ2) is 5.75. The Kier molecular flexibility index (Phi) is 4.32. The first-order chi connectivity index (χ1) is 7.59. The van der Waals surface area contributed by atoms with Crippen LogP contribution in [0.2, 0.25) is 0 Å². The van der Waals surface area contributed by atoms with Crippen molar-refractivity contribution in [3.05, 3.63) is 35.9 Å². The summed E-state index contributed by atoms with van der Waals surface area (Å²) in [7, 11) is 0. The summed E-state index contributed by atoms with van der Waals surface area (Å²) in [6.07, 6.45) is -1.83. The van der Waals surface area contributed by atoms with Crippen molar-refractivity contribution in [1.82, 2.24) is 5.32 Å². The third kappa shape index (κ3) is 4.00. The average molecular weight is 222 g/mol. The first kappa shape index (κ1) is 12.0. The van der Waals surface area contributed by atoms with Gasteiger partial charge in [0.2, 0.25) is 0 Å². The van der Waals surface area contributed by atoms with Gasteiger partial charge in [-0.05, 0) is 12.5 Å². The predicted molar refractivity (Wildman–Crippen MR) is 58.4 cm³/mol. The molecule has 0 radical (unpaired) electrons. The first-order valence-corrected chi connectivity index (χ1v) is 4.87. The van der Waals surface area contributed by atoms with E-state index < -0.39 is 12.2 Å². The fourth-order valence-electron chi connectivity index (χ4n) is 1.16. The maximum absolute atomic E-state index is 11.4. The van der Waals surface area contributed by atoms with Crippen molar-refractivity contribution in [2.75, 3.05) is 0 Å². The highest BCUT2D eigenvalue weighted by Crippen LogP contribution is 1.98. The van der Waals surface area contributed by atoms with Gasteiger partial charge in [-0.15, -0.1) is 0 Å². The van der Waals surface area contributed by atoms with Crippen LogP contribution in [0.15, 0.2) is 30.3 Å². The van der Waals surface area contributed by atoms with E-state index in [1.54, 1.807) is 0 Å². The summed E-state index contributed by atoms with van der Waals surface area (Å²) in [6, 6.07) is 9.43. The lowest BCUT2D eigenvalue weighted by molar-refractivity contribution is -0.128. The molecule has 0 fully saturated rings. The van der Waals surface area contributed by atoms with Gasteiger partial charge < -0.3 is 15.8 Å². The monoisotopic (exact) mass is 222 g/mol. The van der Waals surface area contributed by atoms with Crippen LogP contribution >= 0.6 is 0 Å². The standard InChI is InChI=1S/C11H14N2O3/c1-8(16-11(12)15)10(14)13-7-9-5-3-2-4-6-9/h2-6,8H,7H2,1H3,(H2,12,15)(H,13,14)/t8-/m1/s1. The first-order valence-electron chi connectivity index (χ1n) is 4.87. The molecule has 0 aliphatic heterocycles. The van der Waals surface area contributed by atoms with Gasteiger partial charge in [0.05, 0.1) is 0 Å². The Bertz CT molecular complexity index is 365. The Balaban J connectivity index is 2.38. The molecule has 0 bridgehead atoms. The van der Waals surface area contributed by atoms with E-state index in [2.05, 4.69) is 10.1 Å². The van der Waals surface area contributed by atoms with Crippen LogP contribution in [-0.4, -0.2) is 18.1 Å². The maximum Gasteiger partial charge on any atom is 0.405 e. The number of ether oxygens (including phenoxy) is 1. The molecule has 0 saturated carbocycles. The summed E-state index contributed by atoms with van der Waals surface area (Å²) in [5.74, 6) is -0.373. The molecule has 0 saturated heterocycles. The van der Waals surface area contributed by atoms with Crippen molar-refractivity contribution in [1.29, 1.82) is 0 Å². The van der Waals surface area contributed by atoms with Crippen LogP contribution in [0.4, 0.5) is 4.79 Å². The van der Waals surface area contributed by atoms with Crippen LogP contribution in [0.1, 0.15) is 12.5 Å². The predicted octanol–water partition coefficient (Wildman–Crippen LogP) is 0.787. The number of benzene rings is 1. The van der Waals surface area contributed by atoms with Crippen LogP contribution in [0.5, 0.6) is 0 Å². The van der Waals surface area contributed by atoms with Gasteiger partial charge in [0.1, 0.15) is 0 Å². The number of hydrogen-bond donors (Lipinski definition) is 2. The molecule has 16 heavy (non-hydrogen) atoms. The molecule has 0 aliphatic carbocycles. The van der Waals surface area contributed by atoms with E-state index in [9.17, 15) is 9.59 Å².